The van der Waals surface area contributed by atoms with Crippen LogP contribution < -0.4 is 0 Å². The Labute approximate surface area is 69.2 Å². The molecule has 0 unspecified atom stereocenters. The van der Waals surface area contributed by atoms with Gasteiger partial charge in [-0.05, 0) is 0 Å². The standard InChI is InChI=1S/C4H10O2S.Au/c5-1-3-7-4-2-6;/h5-6H,1-4H2;. The predicted octanol–water partition coefficient (Wildman–Crippen LogP) is -0.298. The van der Waals surface area contributed by atoms with E-state index >= 15 is 0 Å². The van der Waals surface area contributed by atoms with Gasteiger partial charge in [-0.15, -0.1) is 0 Å². The summed E-state index contributed by atoms with van der Waals surface area (Å²) >= 11 is 1.55. The maximum Gasteiger partial charge on any atom is 0.0521 e. The quantitative estimate of drug-likeness (QED) is 0.552. The molecule has 55 valence electrons. The fourth-order valence-corrected chi connectivity index (χ4v) is 0.693. The van der Waals surface area contributed by atoms with Crippen molar-refractivity contribution in [2.45, 2.75) is 0 Å². The van der Waals surface area contributed by atoms with Gasteiger partial charge in [0.1, 0.15) is 0 Å². The fourth-order valence-electron chi connectivity index (χ4n) is 0.231. The van der Waals surface area contributed by atoms with Gasteiger partial charge in [-0.1, -0.05) is 0 Å². The first kappa shape index (κ1) is 11.8. The van der Waals surface area contributed by atoms with Crippen LogP contribution in [0.1, 0.15) is 0 Å². The third-order valence-electron chi connectivity index (χ3n) is 0.471. The molecule has 0 heterocycles. The maximum atomic E-state index is 8.19. The molecule has 0 aromatic rings. The van der Waals surface area contributed by atoms with Gasteiger partial charge in [0.15, 0.2) is 0 Å². The summed E-state index contributed by atoms with van der Waals surface area (Å²) in [5, 5.41) is 16.4. The van der Waals surface area contributed by atoms with E-state index < -0.39 is 0 Å². The molecule has 2 N–H and O–H groups in total. The SMILES string of the molecule is OCCSCCO.[Au]. The first-order valence-electron chi connectivity index (χ1n) is 2.21. The van der Waals surface area contributed by atoms with E-state index in [9.17, 15) is 0 Å². The largest absolute Gasteiger partial charge is 0.396 e. The first-order valence-corrected chi connectivity index (χ1v) is 3.36. The average molecular weight is 319 g/mol. The van der Waals surface area contributed by atoms with E-state index in [0.29, 0.717) is 0 Å². The van der Waals surface area contributed by atoms with Crippen LogP contribution in [0.3, 0.4) is 0 Å². The Kier molecular flexibility index (Phi) is 16.0. The molecular formula is C4H10AuO2S. The summed E-state index contributed by atoms with van der Waals surface area (Å²) < 4.78 is 0. The molecule has 0 amide bonds. The maximum absolute atomic E-state index is 8.19. The van der Waals surface area contributed by atoms with E-state index in [1.165, 1.54) is 0 Å². The van der Waals surface area contributed by atoms with Crippen LogP contribution in [0.25, 0.3) is 0 Å². The first-order chi connectivity index (χ1) is 3.41. The molecule has 0 atom stereocenters. The van der Waals surface area contributed by atoms with Gasteiger partial charge < -0.3 is 10.2 Å². The van der Waals surface area contributed by atoms with Crippen LogP contribution in [-0.4, -0.2) is 34.9 Å². The molecule has 0 aliphatic rings. The fraction of sp³-hybridized carbons (Fsp3) is 1.00. The molecule has 0 aliphatic carbocycles. The third kappa shape index (κ3) is 10.1. The second-order valence-corrected chi connectivity index (χ2v) is 2.28. The number of hydrogen-bond acceptors (Lipinski definition) is 3. The van der Waals surface area contributed by atoms with Crippen LogP contribution in [-0.2, 0) is 22.4 Å². The molecule has 2 nitrogen and oxygen atoms in total. The summed E-state index contributed by atoms with van der Waals surface area (Å²) in [5.74, 6) is 1.47. The Balaban J connectivity index is 0. The Morgan fingerprint density at radius 1 is 1.00 bits per heavy atom. The molecule has 0 saturated carbocycles. The van der Waals surface area contributed by atoms with Crippen LogP contribution in [0.2, 0.25) is 0 Å². The Bertz CT molecular complexity index is 33.2. The number of aliphatic hydroxyl groups is 2. The van der Waals surface area contributed by atoms with E-state index in [1.807, 2.05) is 0 Å². The molecule has 0 saturated heterocycles. The average Bonchev–Trinajstić information content (AvgIpc) is 1.69. The van der Waals surface area contributed by atoms with E-state index in [1.54, 1.807) is 11.8 Å². The van der Waals surface area contributed by atoms with Crippen LogP contribution in [0.15, 0.2) is 0 Å². The molecule has 0 rings (SSSR count). The van der Waals surface area contributed by atoms with Gasteiger partial charge in [-0.2, -0.15) is 11.8 Å². The van der Waals surface area contributed by atoms with Crippen molar-refractivity contribution < 1.29 is 32.6 Å². The second kappa shape index (κ2) is 10.9. The van der Waals surface area contributed by atoms with Gasteiger partial charge in [-0.25, -0.2) is 0 Å². The molecule has 0 bridgehead atoms. The van der Waals surface area contributed by atoms with Crippen molar-refractivity contribution in [3.05, 3.63) is 0 Å². The second-order valence-electron chi connectivity index (χ2n) is 1.06. The van der Waals surface area contributed by atoms with Crippen molar-refractivity contribution in [2.24, 2.45) is 0 Å². The van der Waals surface area contributed by atoms with Gasteiger partial charge in [-0.3, -0.25) is 0 Å². The van der Waals surface area contributed by atoms with Crippen LogP contribution in [0.4, 0.5) is 0 Å². The number of thioether (sulfide) groups is 1. The van der Waals surface area contributed by atoms with Gasteiger partial charge in [0.25, 0.3) is 0 Å². The third-order valence-corrected chi connectivity index (χ3v) is 1.41. The summed E-state index contributed by atoms with van der Waals surface area (Å²) in [6.45, 7) is 0.426. The molecule has 0 fully saturated rings. The molecule has 0 aliphatic heterocycles. The number of rotatable bonds is 4. The van der Waals surface area contributed by atoms with Gasteiger partial charge >= 0.3 is 0 Å². The molecule has 0 aromatic heterocycles. The normalized spacial score (nSPS) is 8.25. The smallest absolute Gasteiger partial charge is 0.0521 e. The topological polar surface area (TPSA) is 40.5 Å². The van der Waals surface area contributed by atoms with Gasteiger partial charge in [0.2, 0.25) is 0 Å². The van der Waals surface area contributed by atoms with Crippen LogP contribution >= 0.6 is 11.8 Å². The minimum atomic E-state index is 0. The Morgan fingerprint density at radius 3 is 1.62 bits per heavy atom. The van der Waals surface area contributed by atoms with Gasteiger partial charge in [0.05, 0.1) is 13.2 Å². The van der Waals surface area contributed by atoms with Gasteiger partial charge in [0, 0.05) is 33.9 Å². The summed E-state index contributed by atoms with van der Waals surface area (Å²) in [6, 6.07) is 0. The van der Waals surface area contributed by atoms with Crippen LogP contribution in [0, 0.1) is 0 Å². The van der Waals surface area contributed by atoms with Crippen molar-refractivity contribution >= 4 is 11.8 Å². The predicted molar refractivity (Wildman–Crippen MR) is 31.5 cm³/mol. The Morgan fingerprint density at radius 2 is 1.38 bits per heavy atom. The molecule has 4 heteroatoms. The van der Waals surface area contributed by atoms with E-state index in [-0.39, 0.29) is 35.6 Å². The minimum absolute atomic E-state index is 0. The van der Waals surface area contributed by atoms with Crippen molar-refractivity contribution in [3.8, 4) is 0 Å². The van der Waals surface area contributed by atoms with E-state index in [0.717, 1.165) is 11.5 Å². The van der Waals surface area contributed by atoms with E-state index in [2.05, 4.69) is 0 Å². The minimum Gasteiger partial charge on any atom is -0.396 e. The van der Waals surface area contributed by atoms with Crippen molar-refractivity contribution in [3.63, 3.8) is 0 Å². The zero-order valence-corrected chi connectivity index (χ0v) is 7.42. The molecule has 1 radical (unpaired) electrons. The van der Waals surface area contributed by atoms with Crippen LogP contribution in [0.5, 0.6) is 0 Å². The summed E-state index contributed by atoms with van der Waals surface area (Å²) in [5.41, 5.74) is 0. The summed E-state index contributed by atoms with van der Waals surface area (Å²) in [7, 11) is 0. The number of aliphatic hydroxyl groups excluding tert-OH is 2. The Hall–Kier alpha value is 1.01. The molecule has 0 spiro atoms. The van der Waals surface area contributed by atoms with Crippen molar-refractivity contribution in [2.75, 3.05) is 24.7 Å². The van der Waals surface area contributed by atoms with Crippen molar-refractivity contribution in [1.29, 1.82) is 0 Å². The molecular weight excluding hydrogens is 309 g/mol. The summed E-state index contributed by atoms with van der Waals surface area (Å²) in [6.07, 6.45) is 0. The summed E-state index contributed by atoms with van der Waals surface area (Å²) in [4.78, 5) is 0. The zero-order valence-electron chi connectivity index (χ0n) is 4.43. The monoisotopic (exact) mass is 319 g/mol. The molecule has 8 heavy (non-hydrogen) atoms. The van der Waals surface area contributed by atoms with E-state index in [4.69, 9.17) is 10.2 Å². The number of hydrogen-bond donors (Lipinski definition) is 2. The zero-order chi connectivity index (χ0) is 5.54. The van der Waals surface area contributed by atoms with Crippen molar-refractivity contribution in [1.82, 2.24) is 0 Å². The molecule has 0 aromatic carbocycles.